The second-order valence-electron chi connectivity index (χ2n) is 4.73. The number of morpholine rings is 1. The quantitative estimate of drug-likeness (QED) is 0.777. The molecule has 17 heavy (non-hydrogen) atoms. The van der Waals surface area contributed by atoms with Crippen molar-refractivity contribution >= 4 is 29.0 Å². The Morgan fingerprint density at radius 2 is 2.35 bits per heavy atom. The molecule has 1 atom stereocenters. The summed E-state index contributed by atoms with van der Waals surface area (Å²) >= 11 is 12.0. The number of anilines is 1. The molecule has 6 heteroatoms. The molecular formula is C11H15Cl2N3O. The van der Waals surface area contributed by atoms with Gasteiger partial charge in [-0.25, -0.2) is 9.97 Å². The third kappa shape index (κ3) is 3.00. The van der Waals surface area contributed by atoms with E-state index < -0.39 is 0 Å². The molecule has 1 saturated heterocycles. The lowest BCUT2D eigenvalue weighted by molar-refractivity contribution is -0.0736. The molecule has 4 nitrogen and oxygen atoms in total. The van der Waals surface area contributed by atoms with E-state index in [1.165, 1.54) is 6.33 Å². The summed E-state index contributed by atoms with van der Waals surface area (Å²) in [7, 11) is 0. The van der Waals surface area contributed by atoms with E-state index in [4.69, 9.17) is 27.9 Å². The molecular weight excluding hydrogens is 261 g/mol. The van der Waals surface area contributed by atoms with Crippen LogP contribution in [0.1, 0.15) is 13.8 Å². The van der Waals surface area contributed by atoms with Crippen molar-refractivity contribution in [3.05, 3.63) is 17.5 Å². The number of hydrogen-bond donors (Lipinski definition) is 0. The van der Waals surface area contributed by atoms with Crippen molar-refractivity contribution in [3.63, 3.8) is 0 Å². The standard InChI is InChI=1S/C11H15Cl2N3O/c1-11(2)6-16(5-8(3-12)17-11)10-9(13)4-14-7-15-10/h4,7-8H,3,5-6H2,1-2H3. The van der Waals surface area contributed by atoms with Gasteiger partial charge in [-0.3, -0.25) is 0 Å². The van der Waals surface area contributed by atoms with Crippen molar-refractivity contribution in [3.8, 4) is 0 Å². The number of rotatable bonds is 2. The van der Waals surface area contributed by atoms with Crippen LogP contribution in [-0.2, 0) is 4.74 Å². The number of nitrogens with zero attached hydrogens (tertiary/aromatic N) is 3. The van der Waals surface area contributed by atoms with Gasteiger partial charge >= 0.3 is 0 Å². The zero-order valence-corrected chi connectivity index (χ0v) is 11.4. The van der Waals surface area contributed by atoms with Crippen LogP contribution in [0.15, 0.2) is 12.5 Å². The molecule has 1 unspecified atom stereocenters. The molecule has 1 aliphatic rings. The molecule has 0 amide bonds. The van der Waals surface area contributed by atoms with E-state index in [2.05, 4.69) is 14.9 Å². The second-order valence-corrected chi connectivity index (χ2v) is 5.44. The highest BCUT2D eigenvalue weighted by Gasteiger charge is 2.34. The number of halogens is 2. The van der Waals surface area contributed by atoms with Crippen molar-refractivity contribution in [2.24, 2.45) is 0 Å². The van der Waals surface area contributed by atoms with E-state index in [-0.39, 0.29) is 11.7 Å². The first-order chi connectivity index (χ1) is 8.02. The number of alkyl halides is 1. The highest BCUT2D eigenvalue weighted by molar-refractivity contribution is 6.32. The second kappa shape index (κ2) is 4.96. The van der Waals surface area contributed by atoms with Crippen LogP contribution in [0.4, 0.5) is 5.82 Å². The van der Waals surface area contributed by atoms with Gasteiger partial charge in [0.25, 0.3) is 0 Å². The molecule has 0 aliphatic carbocycles. The van der Waals surface area contributed by atoms with Crippen LogP contribution in [0.5, 0.6) is 0 Å². The van der Waals surface area contributed by atoms with Crippen LogP contribution in [0, 0.1) is 0 Å². The predicted octanol–water partition coefficient (Wildman–Crippen LogP) is 2.35. The van der Waals surface area contributed by atoms with Gasteiger partial charge in [0.05, 0.1) is 23.8 Å². The van der Waals surface area contributed by atoms with Crippen LogP contribution in [-0.4, -0.2) is 40.6 Å². The normalized spacial score (nSPS) is 23.8. The van der Waals surface area contributed by atoms with Gasteiger partial charge in [0.2, 0.25) is 0 Å². The smallest absolute Gasteiger partial charge is 0.151 e. The van der Waals surface area contributed by atoms with Crippen LogP contribution >= 0.6 is 23.2 Å². The minimum absolute atomic E-state index is 0.00792. The molecule has 0 N–H and O–H groups in total. The third-order valence-electron chi connectivity index (χ3n) is 2.60. The summed E-state index contributed by atoms with van der Waals surface area (Å²) in [6.07, 6.45) is 3.09. The maximum Gasteiger partial charge on any atom is 0.151 e. The summed E-state index contributed by atoms with van der Waals surface area (Å²) < 4.78 is 5.85. The van der Waals surface area contributed by atoms with Crippen LogP contribution < -0.4 is 4.90 Å². The molecule has 1 aromatic heterocycles. The van der Waals surface area contributed by atoms with Crippen LogP contribution in [0.3, 0.4) is 0 Å². The van der Waals surface area contributed by atoms with Crippen molar-refractivity contribution in [1.29, 1.82) is 0 Å². The number of aromatic nitrogens is 2. The van der Waals surface area contributed by atoms with Gasteiger partial charge in [-0.1, -0.05) is 11.6 Å². The average Bonchev–Trinajstić information content (AvgIpc) is 2.27. The molecule has 1 fully saturated rings. The van der Waals surface area contributed by atoms with Crippen molar-refractivity contribution in [2.75, 3.05) is 23.9 Å². The molecule has 1 aliphatic heterocycles. The first-order valence-corrected chi connectivity index (χ1v) is 6.37. The molecule has 94 valence electrons. The largest absolute Gasteiger partial charge is 0.367 e. The lowest BCUT2D eigenvalue weighted by atomic mass is 10.1. The third-order valence-corrected chi connectivity index (χ3v) is 3.21. The lowest BCUT2D eigenvalue weighted by Gasteiger charge is -2.42. The molecule has 0 aromatic carbocycles. The van der Waals surface area contributed by atoms with Gasteiger partial charge in [0.1, 0.15) is 11.3 Å². The predicted molar refractivity (Wildman–Crippen MR) is 68.9 cm³/mol. The van der Waals surface area contributed by atoms with E-state index in [1.54, 1.807) is 6.20 Å². The van der Waals surface area contributed by atoms with Crippen molar-refractivity contribution in [2.45, 2.75) is 25.6 Å². The minimum Gasteiger partial charge on any atom is -0.367 e. The maximum absolute atomic E-state index is 6.10. The Morgan fingerprint density at radius 1 is 1.59 bits per heavy atom. The zero-order valence-electron chi connectivity index (χ0n) is 9.86. The van der Waals surface area contributed by atoms with E-state index in [9.17, 15) is 0 Å². The van der Waals surface area contributed by atoms with Crippen LogP contribution in [0.2, 0.25) is 5.02 Å². The highest BCUT2D eigenvalue weighted by Crippen LogP contribution is 2.29. The number of hydrogen-bond acceptors (Lipinski definition) is 4. The van der Waals surface area contributed by atoms with Gasteiger partial charge in [0, 0.05) is 13.1 Å². The Hall–Kier alpha value is -0.580. The van der Waals surface area contributed by atoms with Gasteiger partial charge in [0.15, 0.2) is 5.82 Å². The fourth-order valence-electron chi connectivity index (χ4n) is 2.08. The van der Waals surface area contributed by atoms with E-state index in [1.807, 2.05) is 13.8 Å². The lowest BCUT2D eigenvalue weighted by Crippen LogP contribution is -2.53. The monoisotopic (exact) mass is 275 g/mol. The van der Waals surface area contributed by atoms with Crippen molar-refractivity contribution in [1.82, 2.24) is 9.97 Å². The first-order valence-electron chi connectivity index (χ1n) is 5.46. The van der Waals surface area contributed by atoms with Gasteiger partial charge in [-0.2, -0.15) is 0 Å². The fourth-order valence-corrected chi connectivity index (χ4v) is 2.46. The van der Waals surface area contributed by atoms with E-state index >= 15 is 0 Å². The summed E-state index contributed by atoms with van der Waals surface area (Å²) in [5, 5.41) is 0.554. The van der Waals surface area contributed by atoms with Crippen LogP contribution in [0.25, 0.3) is 0 Å². The Morgan fingerprint density at radius 3 is 3.00 bits per heavy atom. The van der Waals surface area contributed by atoms with Gasteiger partial charge < -0.3 is 9.64 Å². The van der Waals surface area contributed by atoms with E-state index in [0.717, 1.165) is 12.4 Å². The molecule has 0 radical (unpaired) electrons. The molecule has 0 saturated carbocycles. The summed E-state index contributed by atoms with van der Waals surface area (Å²) in [4.78, 5) is 10.2. The number of ether oxygens (including phenoxy) is 1. The first kappa shape index (κ1) is 12.9. The maximum atomic E-state index is 6.10. The highest BCUT2D eigenvalue weighted by atomic mass is 35.5. The van der Waals surface area contributed by atoms with E-state index in [0.29, 0.717) is 17.4 Å². The molecule has 2 rings (SSSR count). The zero-order chi connectivity index (χ0) is 12.5. The summed E-state index contributed by atoms with van der Waals surface area (Å²) in [5.74, 6) is 1.20. The summed E-state index contributed by atoms with van der Waals surface area (Å²) in [6.45, 7) is 5.50. The molecule has 2 heterocycles. The van der Waals surface area contributed by atoms with Crippen molar-refractivity contribution < 1.29 is 4.74 Å². The topological polar surface area (TPSA) is 38.2 Å². The Kier molecular flexibility index (Phi) is 3.76. The molecule has 1 aromatic rings. The minimum atomic E-state index is -0.258. The van der Waals surface area contributed by atoms with Gasteiger partial charge in [-0.05, 0) is 13.8 Å². The Bertz CT molecular complexity index is 400. The molecule has 0 bridgehead atoms. The summed E-state index contributed by atoms with van der Waals surface area (Å²) in [6, 6.07) is 0. The van der Waals surface area contributed by atoms with Gasteiger partial charge in [-0.15, -0.1) is 11.6 Å². The fraction of sp³-hybridized carbons (Fsp3) is 0.636. The Labute approximate surface area is 111 Å². The SMILES string of the molecule is CC1(C)CN(c2ncncc2Cl)CC(CCl)O1. The molecule has 0 spiro atoms. The average molecular weight is 276 g/mol. The summed E-state index contributed by atoms with van der Waals surface area (Å²) in [5.41, 5.74) is -0.258. The Balaban J connectivity index is 2.24.